The molecule has 0 bridgehead atoms. The summed E-state index contributed by atoms with van der Waals surface area (Å²) >= 11 is 0. The second-order valence-corrected chi connectivity index (χ2v) is 7.66. The molecule has 0 radical (unpaired) electrons. The van der Waals surface area contributed by atoms with E-state index in [2.05, 4.69) is 10.2 Å². The molecule has 0 unspecified atom stereocenters. The molecule has 1 saturated carbocycles. The number of benzene rings is 1. The Morgan fingerprint density at radius 2 is 1.42 bits per heavy atom. The van der Waals surface area contributed by atoms with Crippen molar-refractivity contribution in [2.24, 2.45) is 0 Å². The lowest BCUT2D eigenvalue weighted by atomic mass is 10.0. The average molecular weight is 444 g/mol. The van der Waals surface area contributed by atoms with Gasteiger partial charge in [-0.15, -0.1) is 5.10 Å². The monoisotopic (exact) mass is 444 g/mol. The Labute approximate surface area is 173 Å². The van der Waals surface area contributed by atoms with Crippen molar-refractivity contribution in [3.05, 3.63) is 52.7 Å². The van der Waals surface area contributed by atoms with Gasteiger partial charge in [0.2, 0.25) is 0 Å². The minimum atomic E-state index is -5.00. The van der Waals surface area contributed by atoms with E-state index in [-0.39, 0.29) is 19.2 Å². The van der Waals surface area contributed by atoms with E-state index in [4.69, 9.17) is 0 Å². The lowest BCUT2D eigenvalue weighted by Gasteiger charge is -2.35. The standard InChI is InChI=1S/C20H18F6N4O/c21-19(22,23)14-9-13(10-15(11-14)20(24,25)26)18(31)30-7-5-29(6-8-30)17-4-3-16(27-28-17)12-1-2-12/h3-4,9-12H,1-2,5-8H2. The van der Waals surface area contributed by atoms with Gasteiger partial charge < -0.3 is 9.80 Å². The van der Waals surface area contributed by atoms with Crippen LogP contribution in [0.5, 0.6) is 0 Å². The maximum absolute atomic E-state index is 13.1. The Balaban J connectivity index is 1.47. The Morgan fingerprint density at radius 3 is 1.87 bits per heavy atom. The summed E-state index contributed by atoms with van der Waals surface area (Å²) in [5.41, 5.74) is -2.71. The normalized spacial score (nSPS) is 17.7. The van der Waals surface area contributed by atoms with Crippen molar-refractivity contribution in [1.82, 2.24) is 15.1 Å². The van der Waals surface area contributed by atoms with Gasteiger partial charge in [0.1, 0.15) is 0 Å². The largest absolute Gasteiger partial charge is 0.416 e. The van der Waals surface area contributed by atoms with Gasteiger partial charge in [0, 0.05) is 37.7 Å². The number of hydrogen-bond acceptors (Lipinski definition) is 4. The highest BCUT2D eigenvalue weighted by Gasteiger charge is 2.38. The first-order chi connectivity index (χ1) is 14.5. The van der Waals surface area contributed by atoms with Crippen molar-refractivity contribution < 1.29 is 31.1 Å². The van der Waals surface area contributed by atoms with Crippen LogP contribution in [-0.2, 0) is 12.4 Å². The van der Waals surface area contributed by atoms with Crippen molar-refractivity contribution in [2.75, 3.05) is 31.1 Å². The SMILES string of the molecule is O=C(c1cc(C(F)(F)F)cc(C(F)(F)F)c1)N1CCN(c2ccc(C3CC3)nn2)CC1. The first-order valence-electron chi connectivity index (χ1n) is 9.70. The molecular formula is C20H18F6N4O. The zero-order valence-electron chi connectivity index (χ0n) is 16.2. The summed E-state index contributed by atoms with van der Waals surface area (Å²) in [6.07, 6.45) is -7.80. The Bertz CT molecular complexity index is 929. The first kappa shape index (κ1) is 21.4. The van der Waals surface area contributed by atoms with Crippen LogP contribution in [0.25, 0.3) is 0 Å². The van der Waals surface area contributed by atoms with E-state index >= 15 is 0 Å². The van der Waals surface area contributed by atoms with E-state index in [1.807, 2.05) is 17.0 Å². The van der Waals surface area contributed by atoms with Crippen molar-refractivity contribution >= 4 is 11.7 Å². The quantitative estimate of drug-likeness (QED) is 0.661. The van der Waals surface area contributed by atoms with Gasteiger partial charge in [-0.3, -0.25) is 4.79 Å². The molecule has 1 aliphatic carbocycles. The van der Waals surface area contributed by atoms with Crippen LogP contribution in [-0.4, -0.2) is 47.2 Å². The molecule has 31 heavy (non-hydrogen) atoms. The van der Waals surface area contributed by atoms with Gasteiger partial charge >= 0.3 is 12.4 Å². The summed E-state index contributed by atoms with van der Waals surface area (Å²) in [6.45, 7) is 0.966. The van der Waals surface area contributed by atoms with Crippen LogP contribution in [0.3, 0.4) is 0 Å². The van der Waals surface area contributed by atoms with E-state index in [9.17, 15) is 31.1 Å². The number of anilines is 1. The highest BCUT2D eigenvalue weighted by Crippen LogP contribution is 2.39. The predicted molar refractivity (Wildman–Crippen MR) is 98.6 cm³/mol. The summed E-state index contributed by atoms with van der Waals surface area (Å²) in [7, 11) is 0. The summed E-state index contributed by atoms with van der Waals surface area (Å²) in [6, 6.07) is 4.68. The van der Waals surface area contributed by atoms with Gasteiger partial charge in [0.15, 0.2) is 5.82 Å². The molecule has 1 amide bonds. The molecular weight excluding hydrogens is 426 g/mol. The van der Waals surface area contributed by atoms with E-state index < -0.39 is 35.0 Å². The molecule has 166 valence electrons. The van der Waals surface area contributed by atoms with Gasteiger partial charge in [-0.2, -0.15) is 31.4 Å². The van der Waals surface area contributed by atoms with E-state index in [1.165, 1.54) is 4.90 Å². The van der Waals surface area contributed by atoms with Crippen molar-refractivity contribution in [3.8, 4) is 0 Å². The van der Waals surface area contributed by atoms with Crippen LogP contribution in [0.1, 0.15) is 45.9 Å². The van der Waals surface area contributed by atoms with Gasteiger partial charge in [-0.1, -0.05) is 0 Å². The van der Waals surface area contributed by atoms with Crippen LogP contribution in [0.2, 0.25) is 0 Å². The Kier molecular flexibility index (Phi) is 5.30. The Morgan fingerprint density at radius 1 is 0.839 bits per heavy atom. The molecule has 2 fully saturated rings. The highest BCUT2D eigenvalue weighted by molar-refractivity contribution is 5.95. The fourth-order valence-electron chi connectivity index (χ4n) is 3.50. The van der Waals surface area contributed by atoms with Crippen LogP contribution in [0, 0.1) is 0 Å². The van der Waals surface area contributed by atoms with Crippen LogP contribution < -0.4 is 4.90 Å². The number of carbonyl (C=O) groups is 1. The molecule has 11 heteroatoms. The molecule has 2 aliphatic rings. The highest BCUT2D eigenvalue weighted by atomic mass is 19.4. The van der Waals surface area contributed by atoms with E-state index in [0.717, 1.165) is 18.5 Å². The Hall–Kier alpha value is -2.85. The third-order valence-electron chi connectivity index (χ3n) is 5.39. The van der Waals surface area contributed by atoms with Crippen LogP contribution in [0.4, 0.5) is 32.2 Å². The smallest absolute Gasteiger partial charge is 0.352 e. The maximum atomic E-state index is 13.1. The van der Waals surface area contributed by atoms with E-state index in [0.29, 0.717) is 37.0 Å². The number of nitrogens with zero attached hydrogens (tertiary/aromatic N) is 4. The average Bonchev–Trinajstić information content (AvgIpc) is 3.57. The third-order valence-corrected chi connectivity index (χ3v) is 5.39. The second-order valence-electron chi connectivity index (χ2n) is 7.66. The summed E-state index contributed by atoms with van der Waals surface area (Å²) in [5.74, 6) is 0.214. The number of amides is 1. The molecule has 2 aromatic rings. The van der Waals surface area contributed by atoms with Crippen LogP contribution in [0.15, 0.2) is 30.3 Å². The molecule has 1 aromatic heterocycles. The number of hydrogen-bond donors (Lipinski definition) is 0. The molecule has 0 spiro atoms. The number of rotatable bonds is 3. The van der Waals surface area contributed by atoms with E-state index in [1.54, 1.807) is 0 Å². The predicted octanol–water partition coefficient (Wildman–Crippen LogP) is 4.35. The zero-order valence-corrected chi connectivity index (χ0v) is 16.2. The van der Waals surface area contributed by atoms with Crippen molar-refractivity contribution in [2.45, 2.75) is 31.1 Å². The maximum Gasteiger partial charge on any atom is 0.416 e. The van der Waals surface area contributed by atoms with Crippen molar-refractivity contribution in [3.63, 3.8) is 0 Å². The lowest BCUT2D eigenvalue weighted by Crippen LogP contribution is -2.49. The summed E-state index contributed by atoms with van der Waals surface area (Å²) in [5, 5.41) is 8.39. The molecule has 0 N–H and O–H groups in total. The minimum Gasteiger partial charge on any atom is -0.352 e. The zero-order chi connectivity index (χ0) is 22.4. The fourth-order valence-corrected chi connectivity index (χ4v) is 3.50. The fraction of sp³-hybridized carbons (Fsp3) is 0.450. The lowest BCUT2D eigenvalue weighted by molar-refractivity contribution is -0.143. The summed E-state index contributed by atoms with van der Waals surface area (Å²) in [4.78, 5) is 15.8. The number of alkyl halides is 6. The van der Waals surface area contributed by atoms with Crippen LogP contribution >= 0.6 is 0 Å². The number of halogens is 6. The molecule has 0 atom stereocenters. The molecule has 1 aromatic carbocycles. The third kappa shape index (κ3) is 4.75. The van der Waals surface area contributed by atoms with Crippen molar-refractivity contribution in [1.29, 1.82) is 0 Å². The number of piperazine rings is 1. The van der Waals surface area contributed by atoms with Gasteiger partial charge in [0.25, 0.3) is 5.91 Å². The molecule has 1 saturated heterocycles. The second kappa shape index (κ2) is 7.69. The summed E-state index contributed by atoms with van der Waals surface area (Å²) < 4.78 is 78.3. The molecule has 5 nitrogen and oxygen atoms in total. The molecule has 1 aliphatic heterocycles. The topological polar surface area (TPSA) is 49.3 Å². The first-order valence-corrected chi connectivity index (χ1v) is 9.70. The van der Waals surface area contributed by atoms with Gasteiger partial charge in [-0.25, -0.2) is 0 Å². The van der Waals surface area contributed by atoms with Gasteiger partial charge in [-0.05, 0) is 43.2 Å². The number of aromatic nitrogens is 2. The minimum absolute atomic E-state index is 0.0126. The van der Waals surface area contributed by atoms with Gasteiger partial charge in [0.05, 0.1) is 16.8 Å². The number of carbonyl (C=O) groups excluding carboxylic acids is 1. The molecule has 4 rings (SSSR count). The molecule has 2 heterocycles.